The SMILES string of the molecule is CNC(=O)C1COCCN1c1cccc(F)c1C#N. The first-order valence-electron chi connectivity index (χ1n) is 5.93. The molecular weight excluding hydrogens is 249 g/mol. The highest BCUT2D eigenvalue weighted by atomic mass is 19.1. The zero-order chi connectivity index (χ0) is 13.8. The highest BCUT2D eigenvalue weighted by Gasteiger charge is 2.30. The van der Waals surface area contributed by atoms with Gasteiger partial charge in [-0.2, -0.15) is 5.26 Å². The van der Waals surface area contributed by atoms with Gasteiger partial charge in [-0.15, -0.1) is 0 Å². The molecule has 1 fully saturated rings. The smallest absolute Gasteiger partial charge is 0.244 e. The summed E-state index contributed by atoms with van der Waals surface area (Å²) >= 11 is 0. The second-order valence-electron chi connectivity index (χ2n) is 4.14. The number of carbonyl (C=O) groups excluding carboxylic acids is 1. The first kappa shape index (κ1) is 13.3. The molecule has 0 bridgehead atoms. The van der Waals surface area contributed by atoms with E-state index in [1.165, 1.54) is 19.2 Å². The fraction of sp³-hybridized carbons (Fsp3) is 0.385. The average Bonchev–Trinajstić information content (AvgIpc) is 2.46. The van der Waals surface area contributed by atoms with Crippen LogP contribution in [0.3, 0.4) is 0 Å². The number of benzene rings is 1. The van der Waals surface area contributed by atoms with Gasteiger partial charge in [-0.1, -0.05) is 6.07 Å². The summed E-state index contributed by atoms with van der Waals surface area (Å²) < 4.78 is 18.9. The molecule has 0 saturated carbocycles. The Bertz CT molecular complexity index is 527. The molecule has 1 unspecified atom stereocenters. The number of nitrogens with one attached hydrogen (secondary N) is 1. The van der Waals surface area contributed by atoms with Crippen molar-refractivity contribution in [2.75, 3.05) is 31.7 Å². The van der Waals surface area contributed by atoms with E-state index in [4.69, 9.17) is 10.00 Å². The normalized spacial score (nSPS) is 18.8. The number of rotatable bonds is 2. The number of morpholine rings is 1. The summed E-state index contributed by atoms with van der Waals surface area (Å²) in [5, 5.41) is 11.6. The molecule has 1 aliphatic heterocycles. The lowest BCUT2D eigenvalue weighted by Gasteiger charge is -2.36. The maximum atomic E-state index is 13.6. The first-order chi connectivity index (χ1) is 9.19. The lowest BCUT2D eigenvalue weighted by Crippen LogP contribution is -2.53. The summed E-state index contributed by atoms with van der Waals surface area (Å²) in [6, 6.07) is 5.71. The van der Waals surface area contributed by atoms with Crippen LogP contribution in [0.2, 0.25) is 0 Å². The Morgan fingerprint density at radius 1 is 1.63 bits per heavy atom. The Morgan fingerprint density at radius 3 is 3.11 bits per heavy atom. The van der Waals surface area contributed by atoms with E-state index in [-0.39, 0.29) is 18.1 Å². The Balaban J connectivity index is 2.41. The van der Waals surface area contributed by atoms with Crippen molar-refractivity contribution in [3.63, 3.8) is 0 Å². The third-order valence-electron chi connectivity index (χ3n) is 3.09. The Kier molecular flexibility index (Phi) is 3.97. The van der Waals surface area contributed by atoms with Crippen molar-refractivity contribution in [3.05, 3.63) is 29.6 Å². The Morgan fingerprint density at radius 2 is 2.42 bits per heavy atom. The van der Waals surface area contributed by atoms with Crippen LogP contribution in [0.4, 0.5) is 10.1 Å². The van der Waals surface area contributed by atoms with Gasteiger partial charge in [0.1, 0.15) is 23.5 Å². The van der Waals surface area contributed by atoms with Crippen LogP contribution in [0.1, 0.15) is 5.56 Å². The van der Waals surface area contributed by atoms with Crippen LogP contribution in [-0.4, -0.2) is 38.8 Å². The summed E-state index contributed by atoms with van der Waals surface area (Å²) in [5.74, 6) is -0.796. The van der Waals surface area contributed by atoms with Gasteiger partial charge in [0.05, 0.1) is 18.9 Å². The van der Waals surface area contributed by atoms with Crippen LogP contribution in [0.25, 0.3) is 0 Å². The van der Waals surface area contributed by atoms with E-state index in [0.29, 0.717) is 18.8 Å². The van der Waals surface area contributed by atoms with Gasteiger partial charge in [-0.3, -0.25) is 4.79 Å². The van der Waals surface area contributed by atoms with Crippen LogP contribution >= 0.6 is 0 Å². The van der Waals surface area contributed by atoms with Crippen LogP contribution in [-0.2, 0) is 9.53 Å². The first-order valence-corrected chi connectivity index (χ1v) is 5.93. The predicted octanol–water partition coefficient (Wildman–Crippen LogP) is 0.649. The molecule has 1 heterocycles. The number of carbonyl (C=O) groups is 1. The molecule has 2 rings (SSSR count). The lowest BCUT2D eigenvalue weighted by atomic mass is 10.1. The molecule has 19 heavy (non-hydrogen) atoms. The highest BCUT2D eigenvalue weighted by Crippen LogP contribution is 2.25. The number of anilines is 1. The molecule has 0 radical (unpaired) electrons. The molecule has 1 aromatic rings. The number of nitrogens with zero attached hydrogens (tertiary/aromatic N) is 2. The maximum absolute atomic E-state index is 13.6. The van der Waals surface area contributed by atoms with Crippen molar-refractivity contribution in [2.24, 2.45) is 0 Å². The van der Waals surface area contributed by atoms with Crippen LogP contribution in [0, 0.1) is 17.1 Å². The molecule has 1 aromatic carbocycles. The average molecular weight is 263 g/mol. The van der Waals surface area contributed by atoms with E-state index in [1.54, 1.807) is 11.0 Å². The minimum absolute atomic E-state index is 0.0432. The number of ether oxygens (including phenoxy) is 1. The molecule has 1 aliphatic rings. The van der Waals surface area contributed by atoms with E-state index in [0.717, 1.165) is 0 Å². The van der Waals surface area contributed by atoms with Crippen molar-refractivity contribution in [3.8, 4) is 6.07 Å². The number of hydrogen-bond acceptors (Lipinski definition) is 4. The molecular formula is C13H14FN3O2. The van der Waals surface area contributed by atoms with E-state index in [2.05, 4.69) is 5.32 Å². The van der Waals surface area contributed by atoms with Gasteiger partial charge < -0.3 is 15.0 Å². The summed E-state index contributed by atoms with van der Waals surface area (Å²) in [4.78, 5) is 13.5. The second kappa shape index (κ2) is 5.67. The zero-order valence-electron chi connectivity index (χ0n) is 10.5. The fourth-order valence-electron chi connectivity index (χ4n) is 2.14. The van der Waals surface area contributed by atoms with Gasteiger partial charge >= 0.3 is 0 Å². The van der Waals surface area contributed by atoms with E-state index < -0.39 is 11.9 Å². The summed E-state index contributed by atoms with van der Waals surface area (Å²) in [6.07, 6.45) is 0. The molecule has 0 aliphatic carbocycles. The van der Waals surface area contributed by atoms with Crippen LogP contribution < -0.4 is 10.2 Å². The van der Waals surface area contributed by atoms with Gasteiger partial charge in [-0.25, -0.2) is 4.39 Å². The monoisotopic (exact) mass is 263 g/mol. The number of nitriles is 1. The predicted molar refractivity (Wildman–Crippen MR) is 67.1 cm³/mol. The summed E-state index contributed by atoms with van der Waals surface area (Å²) in [6.45, 7) is 1.10. The zero-order valence-corrected chi connectivity index (χ0v) is 10.5. The maximum Gasteiger partial charge on any atom is 0.244 e. The Labute approximate surface area is 110 Å². The fourth-order valence-corrected chi connectivity index (χ4v) is 2.14. The van der Waals surface area contributed by atoms with Gasteiger partial charge in [-0.05, 0) is 12.1 Å². The molecule has 1 saturated heterocycles. The summed E-state index contributed by atoms with van der Waals surface area (Å²) in [5.41, 5.74) is 0.387. The minimum Gasteiger partial charge on any atom is -0.377 e. The molecule has 0 spiro atoms. The molecule has 1 N–H and O–H groups in total. The summed E-state index contributed by atoms with van der Waals surface area (Å²) in [7, 11) is 1.53. The van der Waals surface area contributed by atoms with Crippen LogP contribution in [0.5, 0.6) is 0 Å². The largest absolute Gasteiger partial charge is 0.377 e. The van der Waals surface area contributed by atoms with Crippen LogP contribution in [0.15, 0.2) is 18.2 Å². The Hall–Kier alpha value is -2.13. The highest BCUT2D eigenvalue weighted by molar-refractivity contribution is 5.86. The molecule has 5 nitrogen and oxygen atoms in total. The second-order valence-corrected chi connectivity index (χ2v) is 4.14. The molecule has 1 amide bonds. The quantitative estimate of drug-likeness (QED) is 0.850. The van der Waals surface area contributed by atoms with Gasteiger partial charge in [0.15, 0.2) is 0 Å². The molecule has 6 heteroatoms. The number of hydrogen-bond donors (Lipinski definition) is 1. The topological polar surface area (TPSA) is 65.4 Å². The van der Waals surface area contributed by atoms with Crippen molar-refractivity contribution in [1.29, 1.82) is 5.26 Å². The molecule has 0 aromatic heterocycles. The van der Waals surface area contributed by atoms with Crippen molar-refractivity contribution in [1.82, 2.24) is 5.32 Å². The number of likely N-dealkylation sites (N-methyl/N-ethyl adjacent to an activating group) is 1. The van der Waals surface area contributed by atoms with E-state index in [9.17, 15) is 9.18 Å². The van der Waals surface area contributed by atoms with Crippen molar-refractivity contribution in [2.45, 2.75) is 6.04 Å². The van der Waals surface area contributed by atoms with Crippen molar-refractivity contribution >= 4 is 11.6 Å². The number of halogens is 1. The third-order valence-corrected chi connectivity index (χ3v) is 3.09. The molecule has 1 atom stereocenters. The van der Waals surface area contributed by atoms with Gasteiger partial charge in [0, 0.05) is 13.6 Å². The lowest BCUT2D eigenvalue weighted by molar-refractivity contribution is -0.124. The van der Waals surface area contributed by atoms with Gasteiger partial charge in [0.25, 0.3) is 0 Å². The van der Waals surface area contributed by atoms with Gasteiger partial charge in [0.2, 0.25) is 5.91 Å². The van der Waals surface area contributed by atoms with E-state index in [1.807, 2.05) is 6.07 Å². The minimum atomic E-state index is -0.581. The van der Waals surface area contributed by atoms with E-state index >= 15 is 0 Å². The molecule has 100 valence electrons. The standard InChI is InChI=1S/C13H14FN3O2/c1-16-13(18)12-8-19-6-5-17(12)11-4-2-3-10(14)9(11)7-15/h2-4,12H,5-6,8H2,1H3,(H,16,18). The van der Waals surface area contributed by atoms with Crippen molar-refractivity contribution < 1.29 is 13.9 Å². The number of amides is 1. The third kappa shape index (κ3) is 2.51.